The van der Waals surface area contributed by atoms with Gasteiger partial charge in [0, 0.05) is 16.5 Å². The second kappa shape index (κ2) is 10.4. The molecule has 0 bridgehead atoms. The van der Waals surface area contributed by atoms with E-state index >= 15 is 0 Å². The maximum atomic E-state index is 5.97. The van der Waals surface area contributed by atoms with Crippen molar-refractivity contribution in [2.45, 2.75) is 58.8 Å². The fourth-order valence-electron chi connectivity index (χ4n) is 2.06. The second-order valence-electron chi connectivity index (χ2n) is 5.28. The van der Waals surface area contributed by atoms with Crippen LogP contribution < -0.4 is 5.73 Å². The number of hydrogen-bond donors (Lipinski definition) is 1. The summed E-state index contributed by atoms with van der Waals surface area (Å²) in [5.74, 6) is 12.0. The number of nitrogens with two attached hydrogens (primary N) is 1. The Hall–Kier alpha value is -1.38. The van der Waals surface area contributed by atoms with Gasteiger partial charge in [-0.3, -0.25) is 0 Å². The molecule has 0 aliphatic carbocycles. The highest BCUT2D eigenvalue weighted by Gasteiger charge is 2.01. The van der Waals surface area contributed by atoms with Gasteiger partial charge in [-0.1, -0.05) is 50.9 Å². The van der Waals surface area contributed by atoms with Crippen LogP contribution in [0.1, 0.15) is 63.0 Å². The molecule has 1 aromatic carbocycles. The zero-order valence-electron chi connectivity index (χ0n) is 13.1. The minimum absolute atomic E-state index is 0.686. The predicted molar refractivity (Wildman–Crippen MR) is 95.9 cm³/mol. The van der Waals surface area contributed by atoms with Crippen molar-refractivity contribution in [2.75, 3.05) is 5.73 Å². The normalized spacial score (nSPS) is 9.48. The molecule has 0 saturated heterocycles. The quantitative estimate of drug-likeness (QED) is 0.414. The van der Waals surface area contributed by atoms with Crippen LogP contribution in [0.15, 0.2) is 16.6 Å². The number of nitrogen functional groups attached to an aromatic ring is 1. The van der Waals surface area contributed by atoms with Crippen LogP contribution in [0.25, 0.3) is 0 Å². The van der Waals surface area contributed by atoms with Gasteiger partial charge in [-0.05, 0) is 58.8 Å². The topological polar surface area (TPSA) is 26.0 Å². The first-order valence-electron chi connectivity index (χ1n) is 7.69. The van der Waals surface area contributed by atoms with Crippen LogP contribution >= 0.6 is 15.9 Å². The maximum Gasteiger partial charge on any atom is 0.0618 e. The van der Waals surface area contributed by atoms with E-state index in [0.717, 1.165) is 22.0 Å². The SMILES string of the molecule is CCCCCCCCC#CC#Cc1cc(C)cc(Br)c1N. The molecule has 0 saturated carbocycles. The van der Waals surface area contributed by atoms with Crippen molar-refractivity contribution in [3.8, 4) is 23.7 Å². The van der Waals surface area contributed by atoms with Crippen LogP contribution in [-0.2, 0) is 0 Å². The summed E-state index contributed by atoms with van der Waals surface area (Å²) in [5, 5.41) is 0. The highest BCUT2D eigenvalue weighted by atomic mass is 79.9. The molecule has 1 nitrogen and oxygen atoms in total. The molecule has 2 heteroatoms. The molecule has 0 fully saturated rings. The fourth-order valence-corrected chi connectivity index (χ4v) is 2.63. The van der Waals surface area contributed by atoms with Crippen molar-refractivity contribution in [1.29, 1.82) is 0 Å². The van der Waals surface area contributed by atoms with Crippen LogP contribution in [0.4, 0.5) is 5.69 Å². The van der Waals surface area contributed by atoms with Crippen LogP contribution in [0.2, 0.25) is 0 Å². The van der Waals surface area contributed by atoms with E-state index < -0.39 is 0 Å². The first-order chi connectivity index (χ1) is 10.1. The molecule has 0 aromatic heterocycles. The van der Waals surface area contributed by atoms with Gasteiger partial charge in [0.1, 0.15) is 0 Å². The fraction of sp³-hybridized carbons (Fsp3) is 0.474. The number of halogens is 1. The molecule has 0 spiro atoms. The zero-order chi connectivity index (χ0) is 15.5. The maximum absolute atomic E-state index is 5.97. The molecule has 21 heavy (non-hydrogen) atoms. The van der Waals surface area contributed by atoms with Crippen LogP contribution in [0, 0.1) is 30.6 Å². The third kappa shape index (κ3) is 7.26. The number of rotatable bonds is 6. The van der Waals surface area contributed by atoms with E-state index in [-0.39, 0.29) is 0 Å². The Morgan fingerprint density at radius 3 is 2.52 bits per heavy atom. The molecule has 0 heterocycles. The molecule has 2 N–H and O–H groups in total. The van der Waals surface area contributed by atoms with E-state index in [1.807, 2.05) is 19.1 Å². The number of hydrogen-bond acceptors (Lipinski definition) is 1. The Morgan fingerprint density at radius 1 is 1.05 bits per heavy atom. The molecular formula is C19H24BrN. The van der Waals surface area contributed by atoms with Gasteiger partial charge in [0.2, 0.25) is 0 Å². The lowest BCUT2D eigenvalue weighted by Crippen LogP contribution is -1.92. The molecular weight excluding hydrogens is 322 g/mol. The first-order valence-corrected chi connectivity index (χ1v) is 8.49. The Kier molecular flexibility index (Phi) is 8.72. The smallest absolute Gasteiger partial charge is 0.0618 e. The van der Waals surface area contributed by atoms with Gasteiger partial charge in [-0.15, -0.1) is 0 Å². The summed E-state index contributed by atoms with van der Waals surface area (Å²) in [4.78, 5) is 0. The van der Waals surface area contributed by atoms with Crippen molar-refractivity contribution in [3.63, 3.8) is 0 Å². The molecule has 0 unspecified atom stereocenters. The summed E-state index contributed by atoms with van der Waals surface area (Å²) in [6.45, 7) is 4.27. The molecule has 0 radical (unpaired) electrons. The molecule has 0 atom stereocenters. The predicted octanol–water partition coefficient (Wildman–Crippen LogP) is 5.45. The monoisotopic (exact) mass is 345 g/mol. The van der Waals surface area contributed by atoms with Gasteiger partial charge in [0.25, 0.3) is 0 Å². The van der Waals surface area contributed by atoms with Crippen molar-refractivity contribution in [2.24, 2.45) is 0 Å². The largest absolute Gasteiger partial charge is 0.397 e. The van der Waals surface area contributed by atoms with Gasteiger partial charge in [-0.2, -0.15) is 0 Å². The van der Waals surface area contributed by atoms with E-state index in [4.69, 9.17) is 5.73 Å². The van der Waals surface area contributed by atoms with Crippen molar-refractivity contribution in [3.05, 3.63) is 27.7 Å². The Labute approximate surface area is 137 Å². The number of aryl methyl sites for hydroxylation is 1. The summed E-state index contributed by atoms with van der Waals surface area (Å²) in [5.41, 5.74) is 8.64. The van der Waals surface area contributed by atoms with Crippen LogP contribution in [0.5, 0.6) is 0 Å². The molecule has 0 aliphatic heterocycles. The number of unbranched alkanes of at least 4 members (excludes halogenated alkanes) is 6. The zero-order valence-corrected chi connectivity index (χ0v) is 14.6. The Morgan fingerprint density at radius 2 is 1.76 bits per heavy atom. The van der Waals surface area contributed by atoms with Crippen LogP contribution in [-0.4, -0.2) is 0 Å². The molecule has 112 valence electrons. The van der Waals surface area contributed by atoms with Gasteiger partial charge in [-0.25, -0.2) is 0 Å². The lowest BCUT2D eigenvalue weighted by Gasteiger charge is -2.02. The summed E-state index contributed by atoms with van der Waals surface area (Å²) in [6.07, 6.45) is 8.72. The average molecular weight is 346 g/mol. The standard InChI is InChI=1S/C19H24BrN/c1-3-4-5-6-7-8-9-10-11-12-13-17-14-16(2)15-18(20)19(17)21/h14-15H,3-9,21H2,1-2H3. The third-order valence-corrected chi connectivity index (χ3v) is 3.93. The second-order valence-corrected chi connectivity index (χ2v) is 6.13. The lowest BCUT2D eigenvalue weighted by molar-refractivity contribution is 0.614. The molecule has 0 amide bonds. The molecule has 1 aromatic rings. The highest BCUT2D eigenvalue weighted by Crippen LogP contribution is 2.24. The van der Waals surface area contributed by atoms with E-state index in [0.29, 0.717) is 5.69 Å². The summed E-state index contributed by atoms with van der Waals surface area (Å²) in [7, 11) is 0. The van der Waals surface area contributed by atoms with E-state index in [9.17, 15) is 0 Å². The third-order valence-electron chi connectivity index (χ3n) is 3.28. The van der Waals surface area contributed by atoms with Crippen molar-refractivity contribution >= 4 is 21.6 Å². The van der Waals surface area contributed by atoms with Gasteiger partial charge < -0.3 is 5.73 Å². The van der Waals surface area contributed by atoms with Crippen LogP contribution in [0.3, 0.4) is 0 Å². The van der Waals surface area contributed by atoms with Gasteiger partial charge in [0.05, 0.1) is 5.69 Å². The van der Waals surface area contributed by atoms with E-state index in [1.54, 1.807) is 0 Å². The first kappa shape index (κ1) is 17.7. The van der Waals surface area contributed by atoms with Crippen molar-refractivity contribution in [1.82, 2.24) is 0 Å². The summed E-state index contributed by atoms with van der Waals surface area (Å²) < 4.78 is 0.895. The van der Waals surface area contributed by atoms with Gasteiger partial charge >= 0.3 is 0 Å². The summed E-state index contributed by atoms with van der Waals surface area (Å²) in [6, 6.07) is 3.98. The minimum atomic E-state index is 0.686. The van der Waals surface area contributed by atoms with E-state index in [1.165, 1.54) is 38.5 Å². The number of anilines is 1. The minimum Gasteiger partial charge on any atom is -0.397 e. The number of benzene rings is 1. The highest BCUT2D eigenvalue weighted by molar-refractivity contribution is 9.10. The Balaban J connectivity index is 2.39. The van der Waals surface area contributed by atoms with Gasteiger partial charge in [0.15, 0.2) is 0 Å². The van der Waals surface area contributed by atoms with Crippen molar-refractivity contribution < 1.29 is 0 Å². The Bertz CT molecular complexity index is 567. The molecule has 1 rings (SSSR count). The molecule has 0 aliphatic rings. The lowest BCUT2D eigenvalue weighted by atomic mass is 10.1. The average Bonchev–Trinajstić information content (AvgIpc) is 2.45. The van der Waals surface area contributed by atoms with E-state index in [2.05, 4.69) is 46.5 Å². The summed E-state index contributed by atoms with van der Waals surface area (Å²) >= 11 is 3.44.